The van der Waals surface area contributed by atoms with Gasteiger partial charge in [0.15, 0.2) is 0 Å². The Kier molecular flexibility index (Phi) is 4.52. The van der Waals surface area contributed by atoms with Crippen molar-refractivity contribution in [1.82, 2.24) is 0 Å². The average Bonchev–Trinajstić information content (AvgIpc) is 2.15. The second kappa shape index (κ2) is 4.64. The first-order valence-electron chi connectivity index (χ1n) is 3.75. The third-order valence-corrected chi connectivity index (χ3v) is 2.03. The zero-order valence-corrected chi connectivity index (χ0v) is 7.60. The van der Waals surface area contributed by atoms with Crippen LogP contribution in [0.15, 0.2) is 0 Å². The molecule has 12 heavy (non-hydrogen) atoms. The van der Waals surface area contributed by atoms with E-state index >= 15 is 0 Å². The molecule has 1 rings (SSSR count). The minimum absolute atomic E-state index is 0. The van der Waals surface area contributed by atoms with Crippen molar-refractivity contribution in [1.29, 1.82) is 0 Å². The van der Waals surface area contributed by atoms with Crippen molar-refractivity contribution < 1.29 is 14.6 Å². The quantitative estimate of drug-likeness (QED) is 0.635. The Bertz CT molecular complexity index is 155. The Morgan fingerprint density at radius 2 is 2.08 bits per heavy atom. The fraction of sp³-hybridized carbons (Fsp3) is 0.857. The van der Waals surface area contributed by atoms with Crippen LogP contribution in [0, 0.1) is 0 Å². The molecule has 4 nitrogen and oxygen atoms in total. The molecule has 1 saturated heterocycles. The molecular weight excluding hydrogens is 182 g/mol. The molecule has 0 aromatic heterocycles. The molecule has 0 saturated carbocycles. The minimum atomic E-state index is -1.05. The Balaban J connectivity index is 0.00000121. The number of carboxylic acids is 1. The number of nitrogens with two attached hydrogens (primary N) is 1. The summed E-state index contributed by atoms with van der Waals surface area (Å²) >= 11 is 0. The van der Waals surface area contributed by atoms with Gasteiger partial charge in [0.05, 0.1) is 0 Å². The van der Waals surface area contributed by atoms with Crippen LogP contribution in [0.25, 0.3) is 0 Å². The summed E-state index contributed by atoms with van der Waals surface area (Å²) < 4.78 is 5.10. The van der Waals surface area contributed by atoms with E-state index in [1.807, 2.05) is 0 Å². The predicted octanol–water partition coefficient (Wildman–Crippen LogP) is 0.391. The highest BCUT2D eigenvalue weighted by molar-refractivity contribution is 5.85. The van der Waals surface area contributed by atoms with Crippen LogP contribution in [0.2, 0.25) is 0 Å². The molecule has 1 unspecified atom stereocenters. The van der Waals surface area contributed by atoms with Gasteiger partial charge in [-0.2, -0.15) is 0 Å². The maximum atomic E-state index is 10.6. The smallest absolute Gasteiger partial charge is 0.323 e. The second-order valence-electron chi connectivity index (χ2n) is 2.93. The number of ether oxygens (including phenoxy) is 1. The van der Waals surface area contributed by atoms with Crippen molar-refractivity contribution >= 4 is 18.4 Å². The van der Waals surface area contributed by atoms with Crippen molar-refractivity contribution in [3.05, 3.63) is 0 Å². The van der Waals surface area contributed by atoms with E-state index in [2.05, 4.69) is 0 Å². The molecular formula is C7H14ClNO3. The number of carbonyl (C=O) groups is 1. The lowest BCUT2D eigenvalue weighted by atomic mass is 9.92. The first-order chi connectivity index (χ1) is 5.15. The van der Waals surface area contributed by atoms with Crippen LogP contribution in [0.4, 0.5) is 0 Å². The molecule has 1 atom stereocenters. The molecule has 1 aliphatic rings. The lowest BCUT2D eigenvalue weighted by molar-refractivity contribution is -0.143. The van der Waals surface area contributed by atoms with Crippen molar-refractivity contribution in [3.63, 3.8) is 0 Å². The van der Waals surface area contributed by atoms with Gasteiger partial charge in [-0.1, -0.05) is 0 Å². The number of rotatable bonds is 1. The summed E-state index contributed by atoms with van der Waals surface area (Å²) in [6, 6.07) is 0. The lowest BCUT2D eigenvalue weighted by Crippen LogP contribution is -2.48. The molecule has 72 valence electrons. The molecule has 0 bridgehead atoms. The van der Waals surface area contributed by atoms with Crippen LogP contribution in [-0.2, 0) is 9.53 Å². The van der Waals surface area contributed by atoms with E-state index in [4.69, 9.17) is 15.6 Å². The van der Waals surface area contributed by atoms with E-state index in [9.17, 15) is 4.79 Å². The molecule has 0 aliphatic carbocycles. The number of halogens is 1. The van der Waals surface area contributed by atoms with E-state index in [0.29, 0.717) is 26.1 Å². The zero-order valence-electron chi connectivity index (χ0n) is 6.78. The Hall–Kier alpha value is -0.320. The molecule has 3 N–H and O–H groups in total. The van der Waals surface area contributed by atoms with Crippen LogP contribution < -0.4 is 5.73 Å². The van der Waals surface area contributed by atoms with Gasteiger partial charge in [0.25, 0.3) is 0 Å². The summed E-state index contributed by atoms with van der Waals surface area (Å²) in [5.74, 6) is -0.914. The molecule has 1 heterocycles. The van der Waals surface area contributed by atoms with Crippen LogP contribution in [-0.4, -0.2) is 29.8 Å². The van der Waals surface area contributed by atoms with E-state index in [1.54, 1.807) is 0 Å². The molecule has 0 spiro atoms. The van der Waals surface area contributed by atoms with Gasteiger partial charge < -0.3 is 15.6 Å². The lowest BCUT2D eigenvalue weighted by Gasteiger charge is -2.20. The number of hydrogen-bond donors (Lipinski definition) is 2. The van der Waals surface area contributed by atoms with Crippen molar-refractivity contribution in [2.45, 2.75) is 24.8 Å². The molecule has 1 fully saturated rings. The summed E-state index contributed by atoms with van der Waals surface area (Å²) in [6.07, 6.45) is 1.67. The predicted molar refractivity (Wildman–Crippen MR) is 46.5 cm³/mol. The molecule has 0 aromatic carbocycles. The van der Waals surface area contributed by atoms with Gasteiger partial charge in [0.1, 0.15) is 5.54 Å². The monoisotopic (exact) mass is 195 g/mol. The summed E-state index contributed by atoms with van der Waals surface area (Å²) in [5, 5.41) is 8.74. The van der Waals surface area contributed by atoms with Gasteiger partial charge in [0, 0.05) is 13.2 Å². The van der Waals surface area contributed by atoms with Crippen LogP contribution in [0.3, 0.4) is 0 Å². The fourth-order valence-corrected chi connectivity index (χ4v) is 1.18. The van der Waals surface area contributed by atoms with Gasteiger partial charge in [0.2, 0.25) is 0 Å². The SMILES string of the molecule is Cl.NC1(C(=O)O)CCCOCC1. The maximum absolute atomic E-state index is 10.6. The summed E-state index contributed by atoms with van der Waals surface area (Å²) in [5.41, 5.74) is 4.58. The summed E-state index contributed by atoms with van der Waals surface area (Å²) in [7, 11) is 0. The molecule has 0 aromatic rings. The first-order valence-corrected chi connectivity index (χ1v) is 3.75. The Morgan fingerprint density at radius 1 is 1.42 bits per heavy atom. The largest absolute Gasteiger partial charge is 0.480 e. The molecule has 1 aliphatic heterocycles. The van der Waals surface area contributed by atoms with Crippen molar-refractivity contribution in [3.8, 4) is 0 Å². The first kappa shape index (κ1) is 11.7. The average molecular weight is 196 g/mol. The van der Waals surface area contributed by atoms with Crippen LogP contribution >= 0.6 is 12.4 Å². The van der Waals surface area contributed by atoms with E-state index in [-0.39, 0.29) is 12.4 Å². The van der Waals surface area contributed by atoms with Crippen molar-refractivity contribution in [2.24, 2.45) is 5.73 Å². The topological polar surface area (TPSA) is 72.6 Å². The normalized spacial score (nSPS) is 30.1. The van der Waals surface area contributed by atoms with Crippen LogP contribution in [0.5, 0.6) is 0 Å². The van der Waals surface area contributed by atoms with E-state index in [0.717, 1.165) is 6.42 Å². The maximum Gasteiger partial charge on any atom is 0.323 e. The Labute approximate surface area is 77.5 Å². The van der Waals surface area contributed by atoms with Crippen molar-refractivity contribution in [2.75, 3.05) is 13.2 Å². The Morgan fingerprint density at radius 3 is 2.67 bits per heavy atom. The highest BCUT2D eigenvalue weighted by Gasteiger charge is 2.34. The van der Waals surface area contributed by atoms with E-state index < -0.39 is 11.5 Å². The fourth-order valence-electron chi connectivity index (χ4n) is 1.18. The number of aliphatic carboxylic acids is 1. The number of hydrogen-bond acceptors (Lipinski definition) is 3. The van der Waals surface area contributed by atoms with Gasteiger partial charge in [-0.05, 0) is 19.3 Å². The highest BCUT2D eigenvalue weighted by Crippen LogP contribution is 2.18. The minimum Gasteiger partial charge on any atom is -0.480 e. The zero-order chi connectivity index (χ0) is 8.32. The van der Waals surface area contributed by atoms with Gasteiger partial charge in [-0.3, -0.25) is 4.79 Å². The van der Waals surface area contributed by atoms with Gasteiger partial charge in [-0.25, -0.2) is 0 Å². The summed E-state index contributed by atoms with van der Waals surface area (Å²) in [6.45, 7) is 1.09. The van der Waals surface area contributed by atoms with Gasteiger partial charge in [-0.15, -0.1) is 12.4 Å². The standard InChI is InChI=1S/C7H13NO3.ClH/c8-7(6(9)10)2-1-4-11-5-3-7;/h1-5,8H2,(H,9,10);1H. The highest BCUT2D eigenvalue weighted by atomic mass is 35.5. The summed E-state index contributed by atoms with van der Waals surface area (Å²) in [4.78, 5) is 10.6. The number of carboxylic acid groups (broad SMARTS) is 1. The second-order valence-corrected chi connectivity index (χ2v) is 2.93. The molecule has 0 amide bonds. The van der Waals surface area contributed by atoms with E-state index in [1.165, 1.54) is 0 Å². The third-order valence-electron chi connectivity index (χ3n) is 2.03. The molecule has 5 heteroatoms. The third kappa shape index (κ3) is 2.62. The van der Waals surface area contributed by atoms with Gasteiger partial charge >= 0.3 is 5.97 Å². The van der Waals surface area contributed by atoms with Crippen LogP contribution in [0.1, 0.15) is 19.3 Å². The molecule has 0 radical (unpaired) electrons.